The van der Waals surface area contributed by atoms with Crippen LogP contribution < -0.4 is 0 Å². The Morgan fingerprint density at radius 3 is 0.500 bits per heavy atom. The van der Waals surface area contributed by atoms with E-state index in [1.165, 1.54) is 77.0 Å². The van der Waals surface area contributed by atoms with Crippen molar-refractivity contribution in [1.82, 2.24) is 0 Å². The van der Waals surface area contributed by atoms with Gasteiger partial charge >= 0.3 is 0 Å². The minimum Gasteiger partial charge on any atom is -0.0776 e. The van der Waals surface area contributed by atoms with Crippen LogP contribution in [0.15, 0.2) is 0 Å². The zero-order valence-corrected chi connectivity index (χ0v) is 10.2. The normalized spacial score (nSPS) is 18.2. The van der Waals surface area contributed by atoms with E-state index in [1.807, 2.05) is 0 Å². The minimum absolute atomic E-state index is 0. The maximum absolute atomic E-state index is 4.00. The molecule has 0 saturated heterocycles. The maximum Gasteiger partial charge on any atom is 0 e. The maximum atomic E-state index is 4.00. The summed E-state index contributed by atoms with van der Waals surface area (Å²) in [5.74, 6) is 0. The van der Waals surface area contributed by atoms with Crippen LogP contribution in [-0.2, 0) is 0 Å². The molecule has 89 valence electrons. The molecule has 2 fully saturated rings. The predicted octanol–water partition coefficient (Wildman–Crippen LogP) is 4.17. The molecule has 0 atom stereocenters. The number of hydrogen-bond donors (Lipinski definition) is 0. The van der Waals surface area contributed by atoms with Gasteiger partial charge in [-0.2, -0.15) is 0 Å². The van der Waals surface area contributed by atoms with E-state index in [0.717, 1.165) is 0 Å². The average molecular weight is 217 g/mol. The molecule has 0 heterocycles. The molecule has 7 radical (unpaired) electrons. The predicted molar refractivity (Wildman–Crippen MR) is 79.4 cm³/mol. The Kier molecular flexibility index (Phi) is 27.6. The Balaban J connectivity index is -0.000000165. The molecular formula is C13H28B3. The van der Waals surface area contributed by atoms with Gasteiger partial charge in [-0.25, -0.2) is 0 Å². The van der Waals surface area contributed by atoms with Crippen LogP contribution in [0, 0.1) is 0 Å². The van der Waals surface area contributed by atoms with E-state index in [2.05, 4.69) is 15.5 Å². The number of hydrogen-bond acceptors (Lipinski definition) is 0. The Morgan fingerprint density at radius 2 is 0.438 bits per heavy atom. The summed E-state index contributed by atoms with van der Waals surface area (Å²) in [5, 5.41) is 0. The van der Waals surface area contributed by atoms with E-state index in [0.29, 0.717) is 0 Å². The van der Waals surface area contributed by atoms with Crippen molar-refractivity contribution >= 4 is 23.9 Å². The molecule has 0 aromatic carbocycles. The Bertz CT molecular complexity index is 54.2. The molecule has 0 aromatic heterocycles. The van der Waals surface area contributed by atoms with E-state index in [1.54, 1.807) is 0 Å². The van der Waals surface area contributed by atoms with Crippen molar-refractivity contribution < 1.29 is 0 Å². The van der Waals surface area contributed by atoms with Gasteiger partial charge in [-0.05, 0) is 0 Å². The van der Waals surface area contributed by atoms with E-state index >= 15 is 0 Å². The molecular weight excluding hydrogens is 189 g/mol. The van der Waals surface area contributed by atoms with Crippen LogP contribution in [0.4, 0.5) is 0 Å². The second-order valence-corrected chi connectivity index (χ2v) is 4.24. The summed E-state index contributed by atoms with van der Waals surface area (Å²) in [5.41, 5.74) is 0. The smallest absolute Gasteiger partial charge is 0 e. The summed E-state index contributed by atoms with van der Waals surface area (Å²) in [6, 6.07) is 0. The van der Waals surface area contributed by atoms with Crippen molar-refractivity contribution in [3.05, 3.63) is 0 Å². The minimum atomic E-state index is 0. The standard InChI is InChI=1S/2C6H12.CH4.B2.B/c2*1-2-4-6-5-3-1;;1-2;/h2*1-6H2;1H4;;. The molecule has 0 amide bonds. The molecule has 2 rings (SSSR count). The van der Waals surface area contributed by atoms with E-state index in [-0.39, 0.29) is 15.8 Å². The first-order valence-electron chi connectivity index (χ1n) is 6.33. The summed E-state index contributed by atoms with van der Waals surface area (Å²) in [4.78, 5) is 0. The fraction of sp³-hybridized carbons (Fsp3) is 1.00. The number of rotatable bonds is 0. The first kappa shape index (κ1) is 21.5. The summed E-state index contributed by atoms with van der Waals surface area (Å²) in [6.45, 7) is 0. The molecule has 2 aliphatic rings. The van der Waals surface area contributed by atoms with Gasteiger partial charge in [0.05, 0.1) is 0 Å². The van der Waals surface area contributed by atoms with E-state index in [4.69, 9.17) is 0 Å². The molecule has 16 heavy (non-hydrogen) atoms. The fourth-order valence-electron chi connectivity index (χ4n) is 2.12. The summed E-state index contributed by atoms with van der Waals surface area (Å²) in [7, 11) is 8.00. The lowest BCUT2D eigenvalue weighted by molar-refractivity contribution is 0.504. The SMILES string of the molecule is C.C1CCCCC1.C1CCCCC1.[B].[B][B]. The zero-order valence-electron chi connectivity index (χ0n) is 10.2. The van der Waals surface area contributed by atoms with Crippen molar-refractivity contribution in [1.29, 1.82) is 0 Å². The highest BCUT2D eigenvalue weighted by atomic mass is 14.0. The second kappa shape index (κ2) is 20.6. The lowest BCUT2D eigenvalue weighted by atomic mass is 9.81. The Labute approximate surface area is 109 Å². The largest absolute Gasteiger partial charge is 0.0776 e. The Morgan fingerprint density at radius 1 is 0.375 bits per heavy atom. The molecule has 0 N–H and O–H groups in total. The molecule has 2 saturated carbocycles. The van der Waals surface area contributed by atoms with Crippen molar-refractivity contribution in [2.45, 2.75) is 84.5 Å². The Hall–Kier alpha value is 0.195. The lowest BCUT2D eigenvalue weighted by Gasteiger charge is -2.05. The van der Waals surface area contributed by atoms with Crippen LogP contribution in [0.5, 0.6) is 0 Å². The third-order valence-electron chi connectivity index (χ3n) is 3.00. The van der Waals surface area contributed by atoms with Crippen molar-refractivity contribution in [2.75, 3.05) is 0 Å². The van der Waals surface area contributed by atoms with Crippen LogP contribution in [0.25, 0.3) is 0 Å². The molecule has 0 spiro atoms. The van der Waals surface area contributed by atoms with Gasteiger partial charge in [0.15, 0.2) is 0 Å². The topological polar surface area (TPSA) is 0 Å². The molecule has 2 aliphatic carbocycles. The molecule has 0 nitrogen and oxygen atoms in total. The monoisotopic (exact) mass is 217 g/mol. The average Bonchev–Trinajstić information content (AvgIpc) is 2.37. The molecule has 3 heteroatoms. The van der Waals surface area contributed by atoms with Gasteiger partial charge in [0, 0.05) is 23.9 Å². The summed E-state index contributed by atoms with van der Waals surface area (Å²) >= 11 is 0. The van der Waals surface area contributed by atoms with Crippen molar-refractivity contribution in [2.24, 2.45) is 0 Å². The van der Waals surface area contributed by atoms with Gasteiger partial charge in [0.1, 0.15) is 0 Å². The van der Waals surface area contributed by atoms with Gasteiger partial charge in [0.2, 0.25) is 0 Å². The summed E-state index contributed by atoms with van der Waals surface area (Å²) in [6.07, 6.45) is 18.0. The van der Waals surface area contributed by atoms with Crippen molar-refractivity contribution in [3.8, 4) is 0 Å². The second-order valence-electron chi connectivity index (χ2n) is 4.24. The van der Waals surface area contributed by atoms with Crippen LogP contribution in [-0.4, -0.2) is 23.9 Å². The van der Waals surface area contributed by atoms with Crippen LogP contribution in [0.1, 0.15) is 84.5 Å². The molecule has 0 bridgehead atoms. The fourth-order valence-corrected chi connectivity index (χ4v) is 2.12. The van der Waals surface area contributed by atoms with Crippen LogP contribution in [0.2, 0.25) is 0 Å². The van der Waals surface area contributed by atoms with Crippen molar-refractivity contribution in [3.63, 3.8) is 0 Å². The van der Waals surface area contributed by atoms with Gasteiger partial charge in [-0.1, -0.05) is 84.5 Å². The van der Waals surface area contributed by atoms with Crippen LogP contribution >= 0.6 is 0 Å². The molecule has 0 aliphatic heterocycles. The van der Waals surface area contributed by atoms with Gasteiger partial charge in [0.25, 0.3) is 0 Å². The van der Waals surface area contributed by atoms with Gasteiger partial charge < -0.3 is 0 Å². The summed E-state index contributed by atoms with van der Waals surface area (Å²) < 4.78 is 0. The first-order valence-corrected chi connectivity index (χ1v) is 6.33. The highest BCUT2D eigenvalue weighted by molar-refractivity contribution is 6.75. The highest BCUT2D eigenvalue weighted by Crippen LogP contribution is 2.15. The van der Waals surface area contributed by atoms with E-state index < -0.39 is 0 Å². The lowest BCUT2D eigenvalue weighted by Crippen LogP contribution is -1.85. The third-order valence-corrected chi connectivity index (χ3v) is 3.00. The molecule has 0 unspecified atom stereocenters. The first-order chi connectivity index (χ1) is 7.00. The quantitative estimate of drug-likeness (QED) is 0.533. The molecule has 0 aromatic rings. The van der Waals surface area contributed by atoms with Gasteiger partial charge in [-0.3, -0.25) is 0 Å². The zero-order chi connectivity index (χ0) is 10.5. The van der Waals surface area contributed by atoms with Crippen LogP contribution in [0.3, 0.4) is 0 Å². The van der Waals surface area contributed by atoms with Gasteiger partial charge in [-0.15, -0.1) is 0 Å². The van der Waals surface area contributed by atoms with E-state index in [9.17, 15) is 0 Å². The third kappa shape index (κ3) is 16.6. The highest BCUT2D eigenvalue weighted by Gasteiger charge is 1.96.